The molecule has 0 aliphatic heterocycles. The predicted octanol–water partition coefficient (Wildman–Crippen LogP) is -0.137. The third kappa shape index (κ3) is 3.13. The van der Waals surface area contributed by atoms with E-state index in [4.69, 9.17) is 5.73 Å². The Kier molecular flexibility index (Phi) is 2.85. The fourth-order valence-corrected chi connectivity index (χ4v) is 1.54. The summed E-state index contributed by atoms with van der Waals surface area (Å²) in [5.41, 5.74) is 5.08. The van der Waals surface area contributed by atoms with Gasteiger partial charge in [-0.3, -0.25) is 9.52 Å². The molecule has 0 radical (unpaired) electrons. The second kappa shape index (κ2) is 3.77. The fourth-order valence-electron chi connectivity index (χ4n) is 0.971. The zero-order valence-electron chi connectivity index (χ0n) is 7.89. The Morgan fingerprint density at radius 2 is 2.07 bits per heavy atom. The molecule has 0 saturated heterocycles. The summed E-state index contributed by atoms with van der Waals surface area (Å²) in [7, 11) is -3.46. The van der Waals surface area contributed by atoms with E-state index in [9.17, 15) is 18.3 Å². The van der Waals surface area contributed by atoms with Gasteiger partial charge in [-0.1, -0.05) is 0 Å². The minimum Gasteiger partial charge on any atom is -0.506 e. The van der Waals surface area contributed by atoms with Crippen LogP contribution in [0.3, 0.4) is 0 Å². The Bertz CT molecular complexity index is 495. The van der Waals surface area contributed by atoms with E-state index >= 15 is 0 Å². The van der Waals surface area contributed by atoms with Crippen LogP contribution < -0.4 is 10.5 Å². The minimum atomic E-state index is -3.46. The third-order valence-electron chi connectivity index (χ3n) is 1.58. The maximum absolute atomic E-state index is 10.9. The molecule has 82 valence electrons. The smallest absolute Gasteiger partial charge is 0.248 e. The van der Waals surface area contributed by atoms with Crippen molar-refractivity contribution in [2.45, 2.75) is 0 Å². The molecule has 0 unspecified atom stereocenters. The molecule has 7 heteroatoms. The first-order valence-electron chi connectivity index (χ1n) is 3.90. The topological polar surface area (TPSA) is 109 Å². The molecule has 0 bridgehead atoms. The average Bonchev–Trinajstić information content (AvgIpc) is 2.05. The molecule has 0 aromatic heterocycles. The van der Waals surface area contributed by atoms with E-state index in [-0.39, 0.29) is 17.0 Å². The van der Waals surface area contributed by atoms with Gasteiger partial charge in [0.25, 0.3) is 0 Å². The molecule has 1 aromatic rings. The highest BCUT2D eigenvalue weighted by Gasteiger charge is 2.09. The predicted molar refractivity (Wildman–Crippen MR) is 55.1 cm³/mol. The highest BCUT2D eigenvalue weighted by molar-refractivity contribution is 7.92. The molecule has 15 heavy (non-hydrogen) atoms. The van der Waals surface area contributed by atoms with Gasteiger partial charge in [0, 0.05) is 5.56 Å². The van der Waals surface area contributed by atoms with Crippen molar-refractivity contribution < 1.29 is 18.3 Å². The number of nitrogens with two attached hydrogens (primary N) is 1. The van der Waals surface area contributed by atoms with E-state index in [0.29, 0.717) is 0 Å². The minimum absolute atomic E-state index is 0.00231. The molecule has 6 nitrogen and oxygen atoms in total. The van der Waals surface area contributed by atoms with Crippen LogP contribution in [0.1, 0.15) is 10.4 Å². The first-order valence-corrected chi connectivity index (χ1v) is 5.79. The second-order valence-corrected chi connectivity index (χ2v) is 4.72. The van der Waals surface area contributed by atoms with Gasteiger partial charge in [-0.15, -0.1) is 0 Å². The molecular formula is C8H10N2O4S. The van der Waals surface area contributed by atoms with Crippen molar-refractivity contribution in [2.75, 3.05) is 11.0 Å². The van der Waals surface area contributed by atoms with Crippen LogP contribution in [-0.4, -0.2) is 25.7 Å². The number of anilines is 1. The zero-order chi connectivity index (χ0) is 11.6. The summed E-state index contributed by atoms with van der Waals surface area (Å²) >= 11 is 0. The molecule has 1 aromatic carbocycles. The Morgan fingerprint density at radius 1 is 1.47 bits per heavy atom. The number of carbonyl (C=O) groups excluding carboxylic acids is 1. The molecule has 0 heterocycles. The van der Waals surface area contributed by atoms with Gasteiger partial charge in [0.2, 0.25) is 15.9 Å². The lowest BCUT2D eigenvalue weighted by atomic mass is 10.2. The van der Waals surface area contributed by atoms with E-state index in [1.807, 2.05) is 0 Å². The van der Waals surface area contributed by atoms with Crippen molar-refractivity contribution in [2.24, 2.45) is 5.73 Å². The van der Waals surface area contributed by atoms with Crippen LogP contribution in [-0.2, 0) is 10.0 Å². The van der Waals surface area contributed by atoms with Crippen LogP contribution >= 0.6 is 0 Å². The number of amides is 1. The normalized spacial score (nSPS) is 11.0. The molecular weight excluding hydrogens is 220 g/mol. The Labute approximate surface area is 86.8 Å². The van der Waals surface area contributed by atoms with Gasteiger partial charge < -0.3 is 10.8 Å². The van der Waals surface area contributed by atoms with E-state index in [0.717, 1.165) is 12.3 Å². The largest absolute Gasteiger partial charge is 0.506 e. The van der Waals surface area contributed by atoms with Crippen molar-refractivity contribution in [3.8, 4) is 5.75 Å². The lowest BCUT2D eigenvalue weighted by molar-refractivity contribution is 0.1000. The van der Waals surface area contributed by atoms with Gasteiger partial charge in [0.15, 0.2) is 0 Å². The zero-order valence-corrected chi connectivity index (χ0v) is 8.71. The molecule has 0 spiro atoms. The standard InChI is InChI=1S/C8H10N2O4S/c1-15(13,14)10-6-3-2-5(8(9)12)4-7(6)11/h2-4,10-11H,1H3,(H2,9,12). The first-order chi connectivity index (χ1) is 6.79. The number of sulfonamides is 1. The average molecular weight is 230 g/mol. The Balaban J connectivity index is 3.09. The van der Waals surface area contributed by atoms with Crippen molar-refractivity contribution >= 4 is 21.6 Å². The Morgan fingerprint density at radius 3 is 2.47 bits per heavy atom. The molecule has 0 aliphatic carbocycles. The number of primary amides is 1. The van der Waals surface area contributed by atoms with Crippen LogP contribution in [0.25, 0.3) is 0 Å². The van der Waals surface area contributed by atoms with Crippen LogP contribution in [0.15, 0.2) is 18.2 Å². The molecule has 4 N–H and O–H groups in total. The summed E-state index contributed by atoms with van der Waals surface area (Å²) in [6, 6.07) is 3.67. The number of phenols is 1. The van der Waals surface area contributed by atoms with Gasteiger partial charge in [-0.05, 0) is 18.2 Å². The van der Waals surface area contributed by atoms with E-state index in [1.165, 1.54) is 12.1 Å². The fraction of sp³-hybridized carbons (Fsp3) is 0.125. The number of aromatic hydroxyl groups is 1. The lowest BCUT2D eigenvalue weighted by Crippen LogP contribution is -2.12. The summed E-state index contributed by atoms with van der Waals surface area (Å²) in [5, 5.41) is 9.37. The number of hydrogen-bond donors (Lipinski definition) is 3. The summed E-state index contributed by atoms with van der Waals surface area (Å²) in [6.07, 6.45) is 0.953. The maximum Gasteiger partial charge on any atom is 0.248 e. The number of nitrogens with one attached hydrogen (secondary N) is 1. The molecule has 1 rings (SSSR count). The van der Waals surface area contributed by atoms with E-state index in [1.54, 1.807) is 0 Å². The summed E-state index contributed by atoms with van der Waals surface area (Å²) in [5.74, 6) is -1.05. The summed E-state index contributed by atoms with van der Waals surface area (Å²) < 4.78 is 23.8. The van der Waals surface area contributed by atoms with Gasteiger partial charge >= 0.3 is 0 Å². The van der Waals surface area contributed by atoms with Crippen molar-refractivity contribution in [1.82, 2.24) is 0 Å². The summed E-state index contributed by atoms with van der Waals surface area (Å²) in [4.78, 5) is 10.7. The van der Waals surface area contributed by atoms with Gasteiger partial charge in [-0.25, -0.2) is 8.42 Å². The van der Waals surface area contributed by atoms with Crippen molar-refractivity contribution in [1.29, 1.82) is 0 Å². The first kappa shape index (κ1) is 11.3. The van der Waals surface area contributed by atoms with Crippen LogP contribution in [0.5, 0.6) is 5.75 Å². The van der Waals surface area contributed by atoms with Crippen molar-refractivity contribution in [3.05, 3.63) is 23.8 Å². The lowest BCUT2D eigenvalue weighted by Gasteiger charge is -2.06. The van der Waals surface area contributed by atoms with Crippen LogP contribution in [0.2, 0.25) is 0 Å². The molecule has 0 fully saturated rings. The maximum atomic E-state index is 10.9. The Hall–Kier alpha value is -1.76. The molecule has 0 saturated carbocycles. The van der Waals surface area contributed by atoms with Crippen molar-refractivity contribution in [3.63, 3.8) is 0 Å². The quantitative estimate of drug-likeness (QED) is 0.628. The van der Waals surface area contributed by atoms with Gasteiger partial charge in [-0.2, -0.15) is 0 Å². The SMILES string of the molecule is CS(=O)(=O)Nc1ccc(C(N)=O)cc1O. The van der Waals surface area contributed by atoms with Gasteiger partial charge in [0.1, 0.15) is 5.75 Å². The van der Waals surface area contributed by atoms with E-state index in [2.05, 4.69) is 4.72 Å². The van der Waals surface area contributed by atoms with E-state index < -0.39 is 15.9 Å². The monoisotopic (exact) mass is 230 g/mol. The number of rotatable bonds is 3. The summed E-state index contributed by atoms with van der Waals surface area (Å²) in [6.45, 7) is 0. The second-order valence-electron chi connectivity index (χ2n) is 2.97. The molecule has 0 atom stereocenters. The van der Waals surface area contributed by atoms with Gasteiger partial charge in [0.05, 0.1) is 11.9 Å². The number of carbonyl (C=O) groups is 1. The number of benzene rings is 1. The highest BCUT2D eigenvalue weighted by Crippen LogP contribution is 2.24. The number of phenolic OH excluding ortho intramolecular Hbond substituents is 1. The third-order valence-corrected chi connectivity index (χ3v) is 2.17. The van der Waals surface area contributed by atoms with Crippen LogP contribution in [0, 0.1) is 0 Å². The molecule has 0 aliphatic rings. The molecule has 1 amide bonds. The van der Waals surface area contributed by atoms with Crippen LogP contribution in [0.4, 0.5) is 5.69 Å². The number of hydrogen-bond acceptors (Lipinski definition) is 4. The highest BCUT2D eigenvalue weighted by atomic mass is 32.2.